The van der Waals surface area contributed by atoms with Crippen LogP contribution in [0.3, 0.4) is 0 Å². The number of fused-ring (bicyclic) bond motifs is 1. The molecule has 2 N–H and O–H groups in total. The van der Waals surface area contributed by atoms with E-state index in [9.17, 15) is 0 Å². The van der Waals surface area contributed by atoms with Gasteiger partial charge in [-0.15, -0.1) is 0 Å². The molecule has 2 unspecified atom stereocenters. The highest BCUT2D eigenvalue weighted by Crippen LogP contribution is 2.41. The maximum Gasteiger partial charge on any atom is 0.110 e. The van der Waals surface area contributed by atoms with Crippen LogP contribution in [-0.2, 0) is 6.42 Å². The molecule has 1 aliphatic carbocycles. The summed E-state index contributed by atoms with van der Waals surface area (Å²) in [6.45, 7) is 6.83. The van der Waals surface area contributed by atoms with E-state index in [0.29, 0.717) is 6.04 Å². The van der Waals surface area contributed by atoms with Crippen molar-refractivity contribution in [3.05, 3.63) is 30.1 Å². The minimum Gasteiger partial charge on any atom is -0.325 e. The lowest BCUT2D eigenvalue weighted by atomic mass is 9.71. The fourth-order valence-corrected chi connectivity index (χ4v) is 3.79. The molecule has 0 spiro atoms. The summed E-state index contributed by atoms with van der Waals surface area (Å²) in [6, 6.07) is 9.05. The molecular weight excluding hydrogens is 258 g/mol. The van der Waals surface area contributed by atoms with Crippen LogP contribution in [-0.4, -0.2) is 15.6 Å². The zero-order valence-corrected chi connectivity index (χ0v) is 13.5. The van der Waals surface area contributed by atoms with E-state index in [1.807, 2.05) is 0 Å². The Labute approximate surface area is 127 Å². The minimum absolute atomic E-state index is 0.194. The number of nitrogens with two attached hydrogens (primary N) is 1. The zero-order valence-electron chi connectivity index (χ0n) is 13.5. The number of hydrogen-bond acceptors (Lipinski definition) is 2. The van der Waals surface area contributed by atoms with Gasteiger partial charge in [0.25, 0.3) is 0 Å². The Morgan fingerprint density at radius 1 is 1.33 bits per heavy atom. The van der Waals surface area contributed by atoms with Crippen molar-refractivity contribution in [2.45, 2.75) is 65.0 Å². The largest absolute Gasteiger partial charge is 0.325 e. The van der Waals surface area contributed by atoms with Gasteiger partial charge >= 0.3 is 0 Å². The second kappa shape index (κ2) is 5.45. The van der Waals surface area contributed by atoms with Gasteiger partial charge in [-0.25, -0.2) is 4.98 Å². The molecule has 3 rings (SSSR count). The smallest absolute Gasteiger partial charge is 0.110 e. The fraction of sp³-hybridized carbons (Fsp3) is 0.611. The summed E-state index contributed by atoms with van der Waals surface area (Å²) in [4.78, 5) is 4.87. The van der Waals surface area contributed by atoms with Crippen LogP contribution in [0, 0.1) is 5.41 Å². The Morgan fingerprint density at radius 2 is 2.10 bits per heavy atom. The summed E-state index contributed by atoms with van der Waals surface area (Å²) in [5.74, 6) is 1.21. The van der Waals surface area contributed by atoms with E-state index in [1.165, 1.54) is 30.6 Å². The molecular formula is C18H27N3. The van der Waals surface area contributed by atoms with Gasteiger partial charge in [-0.3, -0.25) is 0 Å². The quantitative estimate of drug-likeness (QED) is 0.924. The fourth-order valence-electron chi connectivity index (χ4n) is 3.79. The van der Waals surface area contributed by atoms with Gasteiger partial charge in [0.15, 0.2) is 0 Å². The van der Waals surface area contributed by atoms with Crippen molar-refractivity contribution in [3.8, 4) is 0 Å². The Hall–Kier alpha value is -1.35. The highest BCUT2D eigenvalue weighted by molar-refractivity contribution is 5.76. The first-order chi connectivity index (χ1) is 10.0. The van der Waals surface area contributed by atoms with Crippen LogP contribution < -0.4 is 5.73 Å². The number of aromatic nitrogens is 2. The van der Waals surface area contributed by atoms with Crippen LogP contribution in [0.15, 0.2) is 24.3 Å². The monoisotopic (exact) mass is 285 g/mol. The normalized spacial score (nSPS) is 25.3. The van der Waals surface area contributed by atoms with E-state index in [1.54, 1.807) is 0 Å². The summed E-state index contributed by atoms with van der Waals surface area (Å²) >= 11 is 0. The van der Waals surface area contributed by atoms with Crippen LogP contribution in [0.4, 0.5) is 0 Å². The van der Waals surface area contributed by atoms with E-state index in [0.717, 1.165) is 18.4 Å². The maximum atomic E-state index is 6.66. The Morgan fingerprint density at radius 3 is 2.86 bits per heavy atom. The highest BCUT2D eigenvalue weighted by atomic mass is 15.1. The zero-order chi connectivity index (χ0) is 15.0. The third-order valence-corrected chi connectivity index (χ3v) is 5.11. The summed E-state index contributed by atoms with van der Waals surface area (Å²) < 4.78 is 2.45. The first-order valence-electron chi connectivity index (χ1n) is 8.26. The molecule has 114 valence electrons. The summed E-state index contributed by atoms with van der Waals surface area (Å²) in [5.41, 5.74) is 9.22. The van der Waals surface area contributed by atoms with Crippen LogP contribution in [0.5, 0.6) is 0 Å². The molecule has 1 aromatic heterocycles. The first kappa shape index (κ1) is 14.6. The number of imidazole rings is 1. The molecule has 0 radical (unpaired) electrons. The third kappa shape index (κ3) is 2.48. The van der Waals surface area contributed by atoms with Gasteiger partial charge < -0.3 is 10.3 Å². The Balaban J connectivity index is 2.11. The van der Waals surface area contributed by atoms with E-state index < -0.39 is 0 Å². The van der Waals surface area contributed by atoms with Crippen molar-refractivity contribution >= 4 is 11.0 Å². The molecule has 0 aliphatic heterocycles. The molecule has 21 heavy (non-hydrogen) atoms. The van der Waals surface area contributed by atoms with Crippen LogP contribution in [0.2, 0.25) is 0 Å². The van der Waals surface area contributed by atoms with Crippen molar-refractivity contribution in [1.29, 1.82) is 0 Å². The first-order valence-corrected chi connectivity index (χ1v) is 8.26. The standard InChI is InChI=1S/C18H27N3/c1-4-8-16-20-13-9-5-6-10-14(13)21(16)15-11-7-12-18(2,3)17(15)19/h5-6,9-10,15,17H,4,7-8,11-12,19H2,1-3H3. The number of benzene rings is 1. The molecule has 0 amide bonds. The lowest BCUT2D eigenvalue weighted by molar-refractivity contribution is 0.143. The number of nitrogens with zero attached hydrogens (tertiary/aromatic N) is 2. The summed E-state index contributed by atoms with van der Waals surface area (Å²) in [7, 11) is 0. The van der Waals surface area contributed by atoms with E-state index >= 15 is 0 Å². The van der Waals surface area contributed by atoms with Gasteiger partial charge in [0, 0.05) is 12.5 Å². The number of para-hydroxylation sites is 2. The molecule has 1 fully saturated rings. The van der Waals surface area contributed by atoms with Crippen LogP contribution in [0.1, 0.15) is 58.3 Å². The van der Waals surface area contributed by atoms with Crippen LogP contribution >= 0.6 is 0 Å². The molecule has 1 saturated carbocycles. The van der Waals surface area contributed by atoms with Crippen molar-refractivity contribution in [3.63, 3.8) is 0 Å². The lowest BCUT2D eigenvalue weighted by Crippen LogP contribution is -2.47. The van der Waals surface area contributed by atoms with Crippen molar-refractivity contribution in [2.24, 2.45) is 11.1 Å². The summed E-state index contributed by atoms with van der Waals surface area (Å²) in [5, 5.41) is 0. The molecule has 1 heterocycles. The highest BCUT2D eigenvalue weighted by Gasteiger charge is 2.38. The predicted molar refractivity (Wildman–Crippen MR) is 88.4 cm³/mol. The van der Waals surface area contributed by atoms with E-state index in [-0.39, 0.29) is 11.5 Å². The lowest BCUT2D eigenvalue weighted by Gasteiger charge is -2.43. The SMILES string of the molecule is CCCc1nc2ccccc2n1C1CCCC(C)(C)C1N. The average Bonchev–Trinajstić information content (AvgIpc) is 2.80. The molecule has 1 aromatic carbocycles. The van der Waals surface area contributed by atoms with Gasteiger partial charge in [-0.05, 0) is 36.8 Å². The molecule has 1 aliphatic rings. The second-order valence-corrected chi connectivity index (χ2v) is 7.11. The molecule has 2 aromatic rings. The van der Waals surface area contributed by atoms with Crippen molar-refractivity contribution < 1.29 is 0 Å². The molecule has 3 nitrogen and oxygen atoms in total. The van der Waals surface area contributed by atoms with Gasteiger partial charge in [-0.1, -0.05) is 39.3 Å². The molecule has 2 atom stereocenters. The van der Waals surface area contributed by atoms with Gasteiger partial charge in [0.2, 0.25) is 0 Å². The van der Waals surface area contributed by atoms with Gasteiger partial charge in [-0.2, -0.15) is 0 Å². The topological polar surface area (TPSA) is 43.8 Å². The van der Waals surface area contributed by atoms with Crippen LogP contribution in [0.25, 0.3) is 11.0 Å². The second-order valence-electron chi connectivity index (χ2n) is 7.11. The Kier molecular flexibility index (Phi) is 3.78. The summed E-state index contributed by atoms with van der Waals surface area (Å²) in [6.07, 6.45) is 5.79. The number of hydrogen-bond donors (Lipinski definition) is 1. The Bertz CT molecular complexity index is 626. The predicted octanol–water partition coefficient (Wildman–Crippen LogP) is 4.07. The minimum atomic E-state index is 0.194. The molecule has 0 bridgehead atoms. The van der Waals surface area contributed by atoms with Crippen molar-refractivity contribution in [1.82, 2.24) is 9.55 Å². The average molecular weight is 285 g/mol. The van der Waals surface area contributed by atoms with E-state index in [2.05, 4.69) is 49.6 Å². The van der Waals surface area contributed by atoms with Crippen molar-refractivity contribution in [2.75, 3.05) is 0 Å². The third-order valence-electron chi connectivity index (χ3n) is 5.11. The number of aryl methyl sites for hydroxylation is 1. The number of rotatable bonds is 3. The molecule has 3 heteroatoms. The van der Waals surface area contributed by atoms with Gasteiger partial charge in [0.05, 0.1) is 17.1 Å². The van der Waals surface area contributed by atoms with E-state index in [4.69, 9.17) is 10.7 Å². The van der Waals surface area contributed by atoms with Gasteiger partial charge in [0.1, 0.15) is 5.82 Å². The molecule has 0 saturated heterocycles. The maximum absolute atomic E-state index is 6.66.